The van der Waals surface area contributed by atoms with Gasteiger partial charge in [0, 0.05) is 10.0 Å². The molecule has 0 saturated heterocycles. The topological polar surface area (TPSA) is 46.6 Å². The molecule has 4 nitrogen and oxygen atoms in total. The van der Waals surface area contributed by atoms with E-state index < -0.39 is 5.60 Å². The zero-order chi connectivity index (χ0) is 15.1. The summed E-state index contributed by atoms with van der Waals surface area (Å²) in [6, 6.07) is 5.50. The second-order valence-corrected chi connectivity index (χ2v) is 6.84. The number of esters is 1. The molecule has 0 saturated carbocycles. The molecular formula is C15H18BrNO3. The van der Waals surface area contributed by atoms with Crippen LogP contribution >= 0.6 is 15.9 Å². The molecule has 1 aliphatic rings. The Morgan fingerprint density at radius 2 is 2.05 bits per heavy atom. The highest BCUT2D eigenvalue weighted by Crippen LogP contribution is 2.34. The molecule has 0 spiro atoms. The summed E-state index contributed by atoms with van der Waals surface area (Å²) in [5.41, 5.74) is 1.05. The van der Waals surface area contributed by atoms with E-state index in [1.807, 2.05) is 39.8 Å². The molecule has 0 bridgehead atoms. The molecule has 5 heteroatoms. The molecule has 1 aromatic rings. The maximum absolute atomic E-state index is 12.4. The van der Waals surface area contributed by atoms with Gasteiger partial charge in [-0.15, -0.1) is 0 Å². The zero-order valence-corrected chi connectivity index (χ0v) is 13.7. The average Bonchev–Trinajstić information content (AvgIpc) is 2.52. The summed E-state index contributed by atoms with van der Waals surface area (Å²) < 4.78 is 6.13. The fraction of sp³-hybridized carbons (Fsp3) is 0.467. The van der Waals surface area contributed by atoms with Gasteiger partial charge in [-0.25, -0.2) is 0 Å². The van der Waals surface area contributed by atoms with Crippen molar-refractivity contribution in [2.24, 2.45) is 0 Å². The van der Waals surface area contributed by atoms with Gasteiger partial charge in [-0.2, -0.15) is 0 Å². The summed E-state index contributed by atoms with van der Waals surface area (Å²) in [5, 5.41) is 0. The van der Waals surface area contributed by atoms with Crippen LogP contribution < -0.4 is 0 Å². The third-order valence-corrected chi connectivity index (χ3v) is 3.64. The first-order valence-corrected chi connectivity index (χ1v) is 7.30. The summed E-state index contributed by atoms with van der Waals surface area (Å²) in [4.78, 5) is 25.8. The Bertz CT molecular complexity index is 563. The lowest BCUT2D eigenvalue weighted by Crippen LogP contribution is -2.36. The van der Waals surface area contributed by atoms with Gasteiger partial charge in [-0.05, 0) is 45.4 Å². The van der Waals surface area contributed by atoms with E-state index in [4.69, 9.17) is 4.74 Å². The van der Waals surface area contributed by atoms with E-state index in [1.54, 1.807) is 11.0 Å². The average molecular weight is 340 g/mol. The Morgan fingerprint density at radius 3 is 2.65 bits per heavy atom. The summed E-state index contributed by atoms with van der Waals surface area (Å²) >= 11 is 3.36. The molecule has 0 fully saturated rings. The number of benzene rings is 1. The van der Waals surface area contributed by atoms with E-state index in [0.29, 0.717) is 5.56 Å². The predicted octanol–water partition coefficient (Wildman–Crippen LogP) is 3.31. The van der Waals surface area contributed by atoms with Crippen LogP contribution in [0, 0.1) is 0 Å². The van der Waals surface area contributed by atoms with Crippen molar-refractivity contribution in [1.82, 2.24) is 4.90 Å². The summed E-state index contributed by atoms with van der Waals surface area (Å²) in [6.07, 6.45) is 0. The first-order valence-electron chi connectivity index (χ1n) is 6.51. The maximum atomic E-state index is 12.4. The molecular weight excluding hydrogens is 322 g/mol. The number of carbonyl (C=O) groups excluding carboxylic acids is 2. The zero-order valence-electron chi connectivity index (χ0n) is 12.1. The molecule has 1 amide bonds. The molecule has 1 unspecified atom stereocenters. The van der Waals surface area contributed by atoms with Crippen molar-refractivity contribution in [2.75, 3.05) is 6.54 Å². The van der Waals surface area contributed by atoms with E-state index in [-0.39, 0.29) is 24.5 Å². The van der Waals surface area contributed by atoms with Gasteiger partial charge in [0.1, 0.15) is 12.1 Å². The van der Waals surface area contributed by atoms with Crippen LogP contribution in [0.25, 0.3) is 0 Å². The Kier molecular flexibility index (Phi) is 3.91. The number of amides is 1. The number of nitrogens with zero attached hydrogens (tertiary/aromatic N) is 1. The lowest BCUT2D eigenvalue weighted by Gasteiger charge is -2.24. The Morgan fingerprint density at radius 1 is 1.40 bits per heavy atom. The number of halogens is 1. The Hall–Kier alpha value is -1.36. The van der Waals surface area contributed by atoms with Crippen LogP contribution in [0.2, 0.25) is 0 Å². The van der Waals surface area contributed by atoms with E-state index in [1.165, 1.54) is 0 Å². The minimum absolute atomic E-state index is 0.0242. The van der Waals surface area contributed by atoms with Crippen LogP contribution in [0.4, 0.5) is 0 Å². The minimum atomic E-state index is -0.543. The van der Waals surface area contributed by atoms with Crippen molar-refractivity contribution in [3.05, 3.63) is 33.8 Å². The standard InChI is InChI=1S/C15H18BrNO3/c1-9-11-6-5-10(16)7-12(11)14(19)17(9)8-13(18)20-15(2,3)4/h5-7,9H,8H2,1-4H3. The van der Waals surface area contributed by atoms with Gasteiger partial charge in [0.05, 0.1) is 6.04 Å². The molecule has 0 N–H and O–H groups in total. The SMILES string of the molecule is CC1c2ccc(Br)cc2C(=O)N1CC(=O)OC(C)(C)C. The number of fused-ring (bicyclic) bond motifs is 1. The largest absolute Gasteiger partial charge is 0.459 e. The van der Waals surface area contributed by atoms with Crippen LogP contribution in [0.3, 0.4) is 0 Å². The number of hydrogen-bond acceptors (Lipinski definition) is 3. The molecule has 1 aliphatic heterocycles. The lowest BCUT2D eigenvalue weighted by atomic mass is 10.1. The van der Waals surface area contributed by atoms with E-state index >= 15 is 0 Å². The Balaban J connectivity index is 2.16. The quantitative estimate of drug-likeness (QED) is 0.776. The molecule has 0 aliphatic carbocycles. The number of ether oxygens (including phenoxy) is 1. The smallest absolute Gasteiger partial charge is 0.326 e. The third kappa shape index (κ3) is 3.03. The van der Waals surface area contributed by atoms with Crippen LogP contribution in [0.1, 0.15) is 49.7 Å². The molecule has 20 heavy (non-hydrogen) atoms. The highest BCUT2D eigenvalue weighted by Gasteiger charge is 2.35. The van der Waals surface area contributed by atoms with Crippen molar-refractivity contribution >= 4 is 27.8 Å². The first kappa shape index (κ1) is 15.0. The monoisotopic (exact) mass is 339 g/mol. The lowest BCUT2D eigenvalue weighted by molar-refractivity contribution is -0.155. The maximum Gasteiger partial charge on any atom is 0.326 e. The van der Waals surface area contributed by atoms with Crippen LogP contribution in [0.15, 0.2) is 22.7 Å². The number of carbonyl (C=O) groups is 2. The molecule has 2 rings (SSSR count). The fourth-order valence-electron chi connectivity index (χ4n) is 2.30. The Labute approximate surface area is 127 Å². The molecule has 108 valence electrons. The van der Waals surface area contributed by atoms with Crippen molar-refractivity contribution < 1.29 is 14.3 Å². The summed E-state index contributed by atoms with van der Waals surface area (Å²) in [5.74, 6) is -0.510. The summed E-state index contributed by atoms with van der Waals surface area (Å²) in [7, 11) is 0. The van der Waals surface area contributed by atoms with Gasteiger partial charge in [0.25, 0.3) is 5.91 Å². The number of hydrogen-bond donors (Lipinski definition) is 0. The van der Waals surface area contributed by atoms with Gasteiger partial charge in [-0.3, -0.25) is 9.59 Å². The second-order valence-electron chi connectivity index (χ2n) is 5.93. The van der Waals surface area contributed by atoms with Gasteiger partial charge < -0.3 is 9.64 Å². The van der Waals surface area contributed by atoms with Gasteiger partial charge in [0.2, 0.25) is 0 Å². The van der Waals surface area contributed by atoms with Crippen molar-refractivity contribution in [2.45, 2.75) is 39.3 Å². The third-order valence-electron chi connectivity index (χ3n) is 3.14. The highest BCUT2D eigenvalue weighted by molar-refractivity contribution is 9.10. The van der Waals surface area contributed by atoms with Gasteiger partial charge in [-0.1, -0.05) is 22.0 Å². The molecule has 1 aromatic carbocycles. The predicted molar refractivity (Wildman–Crippen MR) is 79.4 cm³/mol. The van der Waals surface area contributed by atoms with E-state index in [2.05, 4.69) is 15.9 Å². The van der Waals surface area contributed by atoms with Crippen molar-refractivity contribution in [1.29, 1.82) is 0 Å². The van der Waals surface area contributed by atoms with E-state index in [9.17, 15) is 9.59 Å². The minimum Gasteiger partial charge on any atom is -0.459 e. The molecule has 1 atom stereocenters. The molecule has 0 aromatic heterocycles. The summed E-state index contributed by atoms with van der Waals surface area (Å²) in [6.45, 7) is 7.33. The molecule has 1 heterocycles. The van der Waals surface area contributed by atoms with Crippen molar-refractivity contribution in [3.63, 3.8) is 0 Å². The number of rotatable bonds is 2. The second kappa shape index (κ2) is 5.20. The van der Waals surface area contributed by atoms with Crippen molar-refractivity contribution in [3.8, 4) is 0 Å². The normalized spacial score (nSPS) is 18.1. The first-order chi connectivity index (χ1) is 9.19. The van der Waals surface area contributed by atoms with Gasteiger partial charge >= 0.3 is 5.97 Å². The van der Waals surface area contributed by atoms with Crippen LogP contribution in [-0.4, -0.2) is 28.9 Å². The molecule has 0 radical (unpaired) electrons. The van der Waals surface area contributed by atoms with Gasteiger partial charge in [0.15, 0.2) is 0 Å². The highest BCUT2D eigenvalue weighted by atomic mass is 79.9. The van der Waals surface area contributed by atoms with Crippen LogP contribution in [-0.2, 0) is 9.53 Å². The fourth-order valence-corrected chi connectivity index (χ4v) is 2.66. The van der Waals surface area contributed by atoms with Crippen LogP contribution in [0.5, 0.6) is 0 Å². The van der Waals surface area contributed by atoms with E-state index in [0.717, 1.165) is 10.0 Å².